The van der Waals surface area contributed by atoms with Crippen LogP contribution >= 0.6 is 11.6 Å². The zero-order valence-electron chi connectivity index (χ0n) is 5.27. The molecule has 0 atom stereocenters. The summed E-state index contributed by atoms with van der Waals surface area (Å²) in [6.45, 7) is 0. The van der Waals surface area contributed by atoms with Crippen LogP contribution in [0.1, 0.15) is 0 Å². The maximum absolute atomic E-state index is 12.5. The lowest BCUT2D eigenvalue weighted by Crippen LogP contribution is -1.90. The zero-order valence-corrected chi connectivity index (χ0v) is 6.02. The van der Waals surface area contributed by atoms with Gasteiger partial charge in [-0.15, -0.1) is 0 Å². The van der Waals surface area contributed by atoms with Crippen LogP contribution in [0.25, 0.3) is 0 Å². The number of methoxy groups -OCH3 is 1. The molecule has 4 heteroatoms. The fourth-order valence-electron chi connectivity index (χ4n) is 0.552. The van der Waals surface area contributed by atoms with Crippen molar-refractivity contribution in [3.05, 3.63) is 23.2 Å². The normalized spacial score (nSPS) is 9.50. The molecule has 0 fully saturated rings. The molecule has 10 heavy (non-hydrogen) atoms. The van der Waals surface area contributed by atoms with Crippen LogP contribution in [0.2, 0.25) is 5.15 Å². The van der Waals surface area contributed by atoms with Gasteiger partial charge in [0.05, 0.1) is 7.11 Å². The summed E-state index contributed by atoms with van der Waals surface area (Å²) in [6.07, 6.45) is 0. The molecule has 0 radical (unpaired) electrons. The average molecular weight is 162 g/mol. The van der Waals surface area contributed by atoms with E-state index in [-0.39, 0.29) is 10.9 Å². The first kappa shape index (κ1) is 7.28. The number of ether oxygens (including phenoxy) is 1. The highest BCUT2D eigenvalue weighted by molar-refractivity contribution is 6.29. The van der Waals surface area contributed by atoms with Crippen LogP contribution in [0.5, 0.6) is 5.75 Å². The first-order chi connectivity index (χ1) is 4.74. The second kappa shape index (κ2) is 2.84. The van der Waals surface area contributed by atoms with Gasteiger partial charge in [0.25, 0.3) is 5.95 Å². The summed E-state index contributed by atoms with van der Waals surface area (Å²) >= 11 is 5.37. The molecule has 1 rings (SSSR count). The van der Waals surface area contributed by atoms with Gasteiger partial charge < -0.3 is 4.74 Å². The molecule has 54 valence electrons. The summed E-state index contributed by atoms with van der Waals surface area (Å²) in [5, 5.41) is 0.123. The van der Waals surface area contributed by atoms with Gasteiger partial charge in [-0.05, 0) is 12.1 Å². The van der Waals surface area contributed by atoms with E-state index in [4.69, 9.17) is 11.6 Å². The van der Waals surface area contributed by atoms with Gasteiger partial charge in [0.2, 0.25) is 0 Å². The maximum atomic E-state index is 12.5. The highest BCUT2D eigenvalue weighted by Gasteiger charge is 2.01. The Morgan fingerprint density at radius 1 is 1.60 bits per heavy atom. The number of pyridine rings is 1. The predicted octanol–water partition coefficient (Wildman–Crippen LogP) is 1.88. The first-order valence-corrected chi connectivity index (χ1v) is 2.98. The second-order valence-corrected chi connectivity index (χ2v) is 2.01. The van der Waals surface area contributed by atoms with Crippen molar-refractivity contribution in [2.45, 2.75) is 0 Å². The number of rotatable bonds is 1. The molecule has 0 aliphatic rings. The van der Waals surface area contributed by atoms with Crippen LogP contribution in [0.3, 0.4) is 0 Å². The van der Waals surface area contributed by atoms with Gasteiger partial charge in [-0.1, -0.05) is 11.6 Å². The third-order valence-electron chi connectivity index (χ3n) is 1.00. The summed E-state index contributed by atoms with van der Waals surface area (Å²) in [7, 11) is 1.37. The van der Waals surface area contributed by atoms with Gasteiger partial charge in [-0.3, -0.25) is 0 Å². The third kappa shape index (κ3) is 1.36. The van der Waals surface area contributed by atoms with Crippen molar-refractivity contribution in [2.75, 3.05) is 7.11 Å². The minimum atomic E-state index is -0.685. The van der Waals surface area contributed by atoms with Crippen molar-refractivity contribution in [3.63, 3.8) is 0 Å². The fourth-order valence-corrected chi connectivity index (χ4v) is 0.689. The van der Waals surface area contributed by atoms with E-state index >= 15 is 0 Å². The molecule has 1 aromatic heterocycles. The molecule has 1 heterocycles. The summed E-state index contributed by atoms with van der Waals surface area (Å²) in [5.41, 5.74) is 0. The highest BCUT2D eigenvalue weighted by Crippen LogP contribution is 2.16. The number of nitrogens with zero attached hydrogens (tertiary/aromatic N) is 1. The Hall–Kier alpha value is -0.830. The molecule has 0 saturated carbocycles. The Kier molecular flexibility index (Phi) is 2.06. The van der Waals surface area contributed by atoms with Crippen LogP contribution in [0.15, 0.2) is 12.1 Å². The van der Waals surface area contributed by atoms with E-state index in [1.54, 1.807) is 0 Å². The van der Waals surface area contributed by atoms with Crippen molar-refractivity contribution in [3.8, 4) is 5.75 Å². The Balaban J connectivity index is 3.07. The smallest absolute Gasteiger partial charge is 0.256 e. The number of hydrogen-bond acceptors (Lipinski definition) is 2. The lowest BCUT2D eigenvalue weighted by molar-refractivity contribution is 0.378. The van der Waals surface area contributed by atoms with Crippen LogP contribution in [-0.4, -0.2) is 12.1 Å². The summed E-state index contributed by atoms with van der Waals surface area (Å²) in [4.78, 5) is 3.32. The van der Waals surface area contributed by atoms with Crippen molar-refractivity contribution in [1.82, 2.24) is 4.98 Å². The molecule has 2 nitrogen and oxygen atoms in total. The molecule has 0 aliphatic heterocycles. The minimum absolute atomic E-state index is 0.101. The van der Waals surface area contributed by atoms with E-state index in [0.29, 0.717) is 0 Å². The molecule has 0 unspecified atom stereocenters. The molecule has 0 aliphatic carbocycles. The molecule has 0 spiro atoms. The molecular weight excluding hydrogens is 157 g/mol. The van der Waals surface area contributed by atoms with Gasteiger partial charge >= 0.3 is 0 Å². The fraction of sp³-hybridized carbons (Fsp3) is 0.167. The average Bonchev–Trinajstić information content (AvgIpc) is 1.88. The van der Waals surface area contributed by atoms with E-state index in [0.717, 1.165) is 0 Å². The SMILES string of the molecule is COc1ccc(Cl)nc1F. The van der Waals surface area contributed by atoms with Gasteiger partial charge in [-0.2, -0.15) is 4.39 Å². The van der Waals surface area contributed by atoms with Crippen molar-refractivity contribution in [2.24, 2.45) is 0 Å². The standard InChI is InChI=1S/C6H5ClFNO/c1-10-4-2-3-5(7)9-6(4)8/h2-3H,1H3. The third-order valence-corrected chi connectivity index (χ3v) is 1.21. The molecule has 0 N–H and O–H groups in total. The minimum Gasteiger partial charge on any atom is -0.492 e. The van der Waals surface area contributed by atoms with Crippen LogP contribution in [0.4, 0.5) is 4.39 Å². The van der Waals surface area contributed by atoms with E-state index in [9.17, 15) is 4.39 Å². The van der Waals surface area contributed by atoms with Crippen molar-refractivity contribution in [1.29, 1.82) is 0 Å². The lowest BCUT2D eigenvalue weighted by Gasteiger charge is -1.98. The largest absolute Gasteiger partial charge is 0.492 e. The van der Waals surface area contributed by atoms with E-state index in [1.807, 2.05) is 0 Å². The number of aromatic nitrogens is 1. The molecule has 0 aromatic carbocycles. The van der Waals surface area contributed by atoms with E-state index in [2.05, 4.69) is 9.72 Å². The summed E-state index contributed by atoms with van der Waals surface area (Å²) < 4.78 is 17.1. The van der Waals surface area contributed by atoms with Crippen LogP contribution in [0, 0.1) is 5.95 Å². The van der Waals surface area contributed by atoms with E-state index in [1.165, 1.54) is 19.2 Å². The Labute approximate surface area is 62.6 Å². The molecular formula is C6H5ClFNO. The monoisotopic (exact) mass is 161 g/mol. The number of halogens is 2. The van der Waals surface area contributed by atoms with Gasteiger partial charge in [0, 0.05) is 0 Å². The zero-order chi connectivity index (χ0) is 7.56. The van der Waals surface area contributed by atoms with Crippen molar-refractivity contribution >= 4 is 11.6 Å². The maximum Gasteiger partial charge on any atom is 0.256 e. The molecule has 0 amide bonds. The molecule has 0 bridgehead atoms. The van der Waals surface area contributed by atoms with Gasteiger partial charge in [0.15, 0.2) is 5.75 Å². The summed E-state index contributed by atoms with van der Waals surface area (Å²) in [6, 6.07) is 2.88. The van der Waals surface area contributed by atoms with Gasteiger partial charge in [0.1, 0.15) is 5.15 Å². The Morgan fingerprint density at radius 3 is 2.80 bits per heavy atom. The quantitative estimate of drug-likeness (QED) is 0.587. The van der Waals surface area contributed by atoms with E-state index < -0.39 is 5.95 Å². The molecule has 0 saturated heterocycles. The second-order valence-electron chi connectivity index (χ2n) is 1.63. The molecule has 1 aromatic rings. The first-order valence-electron chi connectivity index (χ1n) is 2.60. The lowest BCUT2D eigenvalue weighted by atomic mass is 10.4. The van der Waals surface area contributed by atoms with Crippen molar-refractivity contribution < 1.29 is 9.13 Å². The predicted molar refractivity (Wildman–Crippen MR) is 35.8 cm³/mol. The Morgan fingerprint density at radius 2 is 2.30 bits per heavy atom. The van der Waals surface area contributed by atoms with Crippen LogP contribution < -0.4 is 4.74 Å². The van der Waals surface area contributed by atoms with Crippen LogP contribution in [-0.2, 0) is 0 Å². The summed E-state index contributed by atoms with van der Waals surface area (Å²) in [5.74, 6) is -0.584. The number of hydrogen-bond donors (Lipinski definition) is 0. The Bertz CT molecular complexity index is 241. The highest BCUT2D eigenvalue weighted by atomic mass is 35.5. The van der Waals surface area contributed by atoms with Gasteiger partial charge in [-0.25, -0.2) is 4.98 Å². The topological polar surface area (TPSA) is 22.1 Å².